The van der Waals surface area contributed by atoms with Crippen LogP contribution in [0.5, 0.6) is 0 Å². The minimum atomic E-state index is -0.162. The van der Waals surface area contributed by atoms with Crippen molar-refractivity contribution in [3.05, 3.63) is 0 Å². The number of nitrogens with zero attached hydrogens (tertiary/aromatic N) is 1. The van der Waals surface area contributed by atoms with Gasteiger partial charge in [0.25, 0.3) is 0 Å². The monoisotopic (exact) mass is 219 g/mol. The molecule has 1 atom stereocenters. The van der Waals surface area contributed by atoms with E-state index in [0.29, 0.717) is 6.42 Å². The van der Waals surface area contributed by atoms with E-state index >= 15 is 0 Å². The van der Waals surface area contributed by atoms with Crippen molar-refractivity contribution in [3.63, 3.8) is 0 Å². The number of rotatable bonds is 3. The summed E-state index contributed by atoms with van der Waals surface area (Å²) in [6.07, 6.45) is 2.28. The van der Waals surface area contributed by atoms with Crippen LogP contribution in [0.4, 0.5) is 0 Å². The fourth-order valence-corrected chi connectivity index (χ4v) is 3.14. The maximum Gasteiger partial charge on any atom is 0.243 e. The lowest BCUT2D eigenvalue weighted by atomic mass is 10.3. The van der Waals surface area contributed by atoms with Crippen molar-refractivity contribution in [3.8, 4) is 0 Å². The number of carbonyl (C=O) groups excluding carboxylic acids is 2. The Bertz CT molecular complexity index is 230. The van der Waals surface area contributed by atoms with Crippen LogP contribution in [-0.4, -0.2) is 34.3 Å². The summed E-state index contributed by atoms with van der Waals surface area (Å²) >= 11 is 0. The molecule has 0 aliphatic carbocycles. The van der Waals surface area contributed by atoms with Gasteiger partial charge < -0.3 is 0 Å². The lowest BCUT2D eigenvalue weighted by Crippen LogP contribution is -2.37. The number of likely N-dealkylation sites (tertiary alicyclic amines) is 1. The summed E-state index contributed by atoms with van der Waals surface area (Å²) < 4.78 is 0. The topological polar surface area (TPSA) is 37.4 Å². The van der Waals surface area contributed by atoms with E-state index in [4.69, 9.17) is 0 Å². The van der Waals surface area contributed by atoms with Crippen LogP contribution in [0.25, 0.3) is 0 Å². The van der Waals surface area contributed by atoms with Crippen molar-refractivity contribution in [2.45, 2.75) is 31.6 Å². The molecule has 13 heavy (non-hydrogen) atoms. The average molecular weight is 219 g/mol. The molecule has 0 spiro atoms. The predicted molar refractivity (Wildman–Crippen MR) is 56.5 cm³/mol. The first-order valence-electron chi connectivity index (χ1n) is 4.13. The van der Waals surface area contributed by atoms with Gasteiger partial charge in [0.2, 0.25) is 11.8 Å². The first kappa shape index (κ1) is 10.9. The van der Waals surface area contributed by atoms with E-state index in [1.165, 1.54) is 26.5 Å². The highest BCUT2D eigenvalue weighted by molar-refractivity contribution is 8.76. The molecule has 3 nitrogen and oxygen atoms in total. The van der Waals surface area contributed by atoms with E-state index in [1.54, 1.807) is 0 Å². The average Bonchev–Trinajstić information content (AvgIpc) is 2.28. The molecule has 0 N–H and O–H groups in total. The zero-order valence-electron chi connectivity index (χ0n) is 7.94. The van der Waals surface area contributed by atoms with E-state index in [9.17, 15) is 9.59 Å². The molecule has 1 unspecified atom stereocenters. The van der Waals surface area contributed by atoms with Crippen molar-refractivity contribution in [1.82, 2.24) is 4.90 Å². The Kier molecular flexibility index (Phi) is 3.67. The zero-order valence-corrected chi connectivity index (χ0v) is 9.58. The van der Waals surface area contributed by atoms with E-state index < -0.39 is 0 Å². The Labute approximate surface area is 86.0 Å². The first-order valence-corrected chi connectivity index (χ1v) is 6.75. The third kappa shape index (κ3) is 2.20. The molecule has 0 radical (unpaired) electrons. The Hall–Kier alpha value is -0.160. The molecule has 1 aliphatic heterocycles. The largest absolute Gasteiger partial charge is 0.279 e. The molecule has 2 amide bonds. The van der Waals surface area contributed by atoms with Gasteiger partial charge in [-0.2, -0.15) is 0 Å². The van der Waals surface area contributed by atoms with Crippen LogP contribution >= 0.6 is 21.6 Å². The SMILES string of the molecule is CSSC1CC(=O)N(C(C)C)C1=O. The molecule has 0 bridgehead atoms. The van der Waals surface area contributed by atoms with Crippen molar-refractivity contribution in [1.29, 1.82) is 0 Å². The summed E-state index contributed by atoms with van der Waals surface area (Å²) in [5.74, 6) is -0.0640. The van der Waals surface area contributed by atoms with Gasteiger partial charge in [0.05, 0.1) is 0 Å². The summed E-state index contributed by atoms with van der Waals surface area (Å²) in [6, 6.07) is -0.00699. The summed E-state index contributed by atoms with van der Waals surface area (Å²) in [5, 5.41) is -0.162. The van der Waals surface area contributed by atoms with Gasteiger partial charge >= 0.3 is 0 Å². The van der Waals surface area contributed by atoms with Crippen molar-refractivity contribution < 1.29 is 9.59 Å². The fraction of sp³-hybridized carbons (Fsp3) is 0.750. The van der Waals surface area contributed by atoms with Crippen LogP contribution in [0.3, 0.4) is 0 Å². The van der Waals surface area contributed by atoms with Crippen molar-refractivity contribution in [2.75, 3.05) is 6.26 Å². The number of carbonyl (C=O) groups is 2. The number of hydrogen-bond acceptors (Lipinski definition) is 4. The fourth-order valence-electron chi connectivity index (χ4n) is 1.36. The molecule has 1 rings (SSSR count). The molecule has 0 saturated carbocycles. The lowest BCUT2D eigenvalue weighted by molar-refractivity contribution is -0.140. The quantitative estimate of drug-likeness (QED) is 0.533. The molecule has 1 saturated heterocycles. The van der Waals surface area contributed by atoms with Crippen LogP contribution in [0, 0.1) is 0 Å². The molecular weight excluding hydrogens is 206 g/mol. The van der Waals surface area contributed by atoms with Crippen LogP contribution in [0.15, 0.2) is 0 Å². The third-order valence-corrected chi connectivity index (χ3v) is 3.94. The highest BCUT2D eigenvalue weighted by Crippen LogP contribution is 2.32. The summed E-state index contributed by atoms with van der Waals surface area (Å²) in [4.78, 5) is 24.4. The molecule has 0 aromatic rings. The summed E-state index contributed by atoms with van der Waals surface area (Å²) in [5.41, 5.74) is 0. The number of amides is 2. The number of hydrogen-bond donors (Lipinski definition) is 0. The second kappa shape index (κ2) is 4.37. The number of imide groups is 1. The van der Waals surface area contributed by atoms with E-state index in [1.807, 2.05) is 20.1 Å². The van der Waals surface area contributed by atoms with Gasteiger partial charge in [0.1, 0.15) is 5.25 Å². The highest BCUT2D eigenvalue weighted by Gasteiger charge is 2.39. The summed E-state index contributed by atoms with van der Waals surface area (Å²) in [6.45, 7) is 3.73. The predicted octanol–water partition coefficient (Wildman–Crippen LogP) is 1.53. The maximum absolute atomic E-state index is 11.6. The second-order valence-corrected chi connectivity index (χ2v) is 5.82. The van der Waals surface area contributed by atoms with Crippen molar-refractivity contribution >= 4 is 33.4 Å². The molecule has 0 aromatic heterocycles. The Morgan fingerprint density at radius 3 is 2.46 bits per heavy atom. The summed E-state index contributed by atoms with van der Waals surface area (Å²) in [7, 11) is 3.01. The molecule has 1 heterocycles. The van der Waals surface area contributed by atoms with Crippen LogP contribution in [-0.2, 0) is 9.59 Å². The maximum atomic E-state index is 11.6. The first-order chi connectivity index (χ1) is 6.07. The van der Waals surface area contributed by atoms with Crippen LogP contribution in [0.2, 0.25) is 0 Å². The molecule has 0 aromatic carbocycles. The van der Waals surface area contributed by atoms with Crippen LogP contribution < -0.4 is 0 Å². The van der Waals surface area contributed by atoms with Gasteiger partial charge in [-0.05, 0) is 20.1 Å². The Morgan fingerprint density at radius 1 is 1.46 bits per heavy atom. The van der Waals surface area contributed by atoms with Gasteiger partial charge in [-0.3, -0.25) is 14.5 Å². The molecule has 74 valence electrons. The van der Waals surface area contributed by atoms with E-state index in [0.717, 1.165) is 0 Å². The smallest absolute Gasteiger partial charge is 0.243 e. The van der Waals surface area contributed by atoms with E-state index in [2.05, 4.69) is 0 Å². The lowest BCUT2D eigenvalue weighted by Gasteiger charge is -2.18. The standard InChI is InChI=1S/C8H13NO2S2/c1-5(2)9-7(10)4-6(8(9)11)13-12-3/h5-6H,4H2,1-3H3. The Morgan fingerprint density at radius 2 is 2.08 bits per heavy atom. The second-order valence-electron chi connectivity index (χ2n) is 3.15. The molecule has 5 heteroatoms. The molecule has 1 aliphatic rings. The van der Waals surface area contributed by atoms with Gasteiger partial charge in [0, 0.05) is 12.5 Å². The minimum Gasteiger partial charge on any atom is -0.279 e. The van der Waals surface area contributed by atoms with E-state index in [-0.39, 0.29) is 23.1 Å². The van der Waals surface area contributed by atoms with Gasteiger partial charge in [-0.25, -0.2) is 0 Å². The van der Waals surface area contributed by atoms with Gasteiger partial charge in [-0.15, -0.1) is 0 Å². The minimum absolute atomic E-state index is 0.00699. The molecular formula is C8H13NO2S2. The third-order valence-electron chi connectivity index (χ3n) is 1.87. The highest BCUT2D eigenvalue weighted by atomic mass is 33.1. The normalized spacial score (nSPS) is 23.4. The van der Waals surface area contributed by atoms with Gasteiger partial charge in [-0.1, -0.05) is 21.6 Å². The molecule has 1 fully saturated rings. The van der Waals surface area contributed by atoms with Gasteiger partial charge in [0.15, 0.2) is 0 Å². The van der Waals surface area contributed by atoms with Crippen molar-refractivity contribution in [2.24, 2.45) is 0 Å². The van der Waals surface area contributed by atoms with Crippen LogP contribution in [0.1, 0.15) is 20.3 Å². The Balaban J connectivity index is 2.70. The zero-order chi connectivity index (χ0) is 10.0.